The molecule has 2 aromatic heterocycles. The molecule has 2 heterocycles. The quantitative estimate of drug-likeness (QED) is 0.627. The lowest BCUT2D eigenvalue weighted by atomic mass is 10.1. The molecular weight excluding hydrogens is 222 g/mol. The Labute approximate surface area is 97.5 Å². The van der Waals surface area contributed by atoms with Crippen LogP contribution in [0.2, 0.25) is 5.02 Å². The van der Waals surface area contributed by atoms with Crippen molar-refractivity contribution >= 4 is 22.7 Å². The maximum absolute atomic E-state index is 6.15. The predicted octanol–water partition coefficient (Wildman–Crippen LogP) is 4.15. The summed E-state index contributed by atoms with van der Waals surface area (Å²) in [6.45, 7) is 0. The van der Waals surface area contributed by atoms with Crippen molar-refractivity contribution in [1.82, 2.24) is 4.98 Å². The summed E-state index contributed by atoms with van der Waals surface area (Å²) in [4.78, 5) is 4.14. The van der Waals surface area contributed by atoms with Crippen molar-refractivity contribution in [2.24, 2.45) is 0 Å². The number of pyridine rings is 1. The minimum Gasteiger partial charge on any atom is -0.445 e. The molecule has 0 saturated carbocycles. The molecule has 0 aliphatic heterocycles. The third-order valence-electron chi connectivity index (χ3n) is 2.51. The van der Waals surface area contributed by atoms with Crippen LogP contribution in [0.5, 0.6) is 0 Å². The maximum Gasteiger partial charge on any atom is 0.227 e. The number of aromatic nitrogens is 1. The number of halogens is 1. The fourth-order valence-corrected chi connectivity index (χ4v) is 2.00. The number of furan rings is 1. The fraction of sp³-hybridized carbons (Fsp3) is 0. The van der Waals surface area contributed by atoms with Crippen LogP contribution < -0.4 is 0 Å². The molecule has 3 heteroatoms. The highest BCUT2D eigenvalue weighted by Crippen LogP contribution is 2.33. The number of rotatable bonds is 1. The van der Waals surface area contributed by atoms with Crippen LogP contribution in [0.3, 0.4) is 0 Å². The third-order valence-corrected chi connectivity index (χ3v) is 2.82. The molecule has 0 N–H and O–H groups in total. The third kappa shape index (κ3) is 1.39. The van der Waals surface area contributed by atoms with Gasteiger partial charge in [0.25, 0.3) is 0 Å². The molecule has 0 spiro atoms. The van der Waals surface area contributed by atoms with Crippen LogP contribution in [0, 0.1) is 0 Å². The van der Waals surface area contributed by atoms with Gasteiger partial charge in [-0.05, 0) is 11.6 Å². The van der Waals surface area contributed by atoms with Crippen LogP contribution in [0.15, 0.2) is 53.3 Å². The van der Waals surface area contributed by atoms with Crippen LogP contribution >= 0.6 is 11.6 Å². The molecule has 0 aliphatic carbocycles. The lowest BCUT2D eigenvalue weighted by molar-refractivity contribution is 0.604. The second-order valence-electron chi connectivity index (χ2n) is 3.49. The van der Waals surface area contributed by atoms with E-state index in [1.165, 1.54) is 0 Å². The first-order chi connectivity index (χ1) is 7.86. The van der Waals surface area contributed by atoms with Gasteiger partial charge in [-0.15, -0.1) is 0 Å². The van der Waals surface area contributed by atoms with E-state index in [1.54, 1.807) is 18.5 Å². The summed E-state index contributed by atoms with van der Waals surface area (Å²) in [6, 6.07) is 11.8. The molecule has 3 rings (SSSR count). The number of benzene rings is 1. The zero-order chi connectivity index (χ0) is 11.0. The Kier molecular flexibility index (Phi) is 2.15. The van der Waals surface area contributed by atoms with Crippen LogP contribution in [0.1, 0.15) is 0 Å². The molecular formula is C13H8ClNO. The Morgan fingerprint density at radius 1 is 1.06 bits per heavy atom. The van der Waals surface area contributed by atoms with Gasteiger partial charge in [-0.3, -0.25) is 0 Å². The van der Waals surface area contributed by atoms with E-state index in [9.17, 15) is 0 Å². The van der Waals surface area contributed by atoms with Gasteiger partial charge < -0.3 is 4.42 Å². The average Bonchev–Trinajstić information content (AvgIpc) is 2.75. The maximum atomic E-state index is 6.15. The van der Waals surface area contributed by atoms with Crippen molar-refractivity contribution in [3.05, 3.63) is 53.9 Å². The Morgan fingerprint density at radius 3 is 2.69 bits per heavy atom. The van der Waals surface area contributed by atoms with E-state index in [4.69, 9.17) is 16.0 Å². The van der Waals surface area contributed by atoms with E-state index < -0.39 is 0 Å². The molecule has 1 aromatic carbocycles. The molecule has 0 fully saturated rings. The number of hydrogen-bond donors (Lipinski definition) is 0. The Hall–Kier alpha value is -1.80. The van der Waals surface area contributed by atoms with E-state index >= 15 is 0 Å². The van der Waals surface area contributed by atoms with Crippen molar-refractivity contribution in [3.63, 3.8) is 0 Å². The summed E-state index contributed by atoms with van der Waals surface area (Å²) in [5.41, 5.74) is 2.64. The predicted molar refractivity (Wildman–Crippen MR) is 64.5 cm³/mol. The van der Waals surface area contributed by atoms with Crippen LogP contribution in [0.25, 0.3) is 22.2 Å². The normalized spacial score (nSPS) is 10.8. The molecule has 0 atom stereocenters. The first-order valence-electron chi connectivity index (χ1n) is 4.93. The van der Waals surface area contributed by atoms with Gasteiger partial charge in [0.15, 0.2) is 0 Å². The van der Waals surface area contributed by atoms with Gasteiger partial charge in [0.1, 0.15) is 6.26 Å². The Bertz CT molecular complexity index is 631. The standard InChI is InChI=1S/C13H8ClNO/c14-11-6-7-15-13-12(11)10(8-16-13)9-4-2-1-3-5-9/h1-8H. The zero-order valence-electron chi connectivity index (χ0n) is 8.35. The van der Waals surface area contributed by atoms with Crippen molar-refractivity contribution in [2.75, 3.05) is 0 Å². The molecule has 0 aliphatic rings. The van der Waals surface area contributed by atoms with E-state index in [0.29, 0.717) is 10.7 Å². The number of hydrogen-bond acceptors (Lipinski definition) is 2. The van der Waals surface area contributed by atoms with Crippen molar-refractivity contribution in [3.8, 4) is 11.1 Å². The Balaban J connectivity index is 2.33. The SMILES string of the molecule is Clc1ccnc2occ(-c3ccccc3)c12. The van der Waals surface area contributed by atoms with Crippen molar-refractivity contribution in [1.29, 1.82) is 0 Å². The first kappa shape index (κ1) is 9.43. The summed E-state index contributed by atoms with van der Waals surface area (Å²) < 4.78 is 5.39. The largest absolute Gasteiger partial charge is 0.445 e. The van der Waals surface area contributed by atoms with Gasteiger partial charge in [0.2, 0.25) is 5.71 Å². The van der Waals surface area contributed by atoms with Crippen molar-refractivity contribution in [2.45, 2.75) is 0 Å². The number of fused-ring (bicyclic) bond motifs is 1. The zero-order valence-corrected chi connectivity index (χ0v) is 9.11. The summed E-state index contributed by atoms with van der Waals surface area (Å²) in [5, 5.41) is 1.54. The number of nitrogens with zero attached hydrogens (tertiary/aromatic N) is 1. The topological polar surface area (TPSA) is 26.0 Å². The Morgan fingerprint density at radius 2 is 1.88 bits per heavy atom. The first-order valence-corrected chi connectivity index (χ1v) is 5.31. The molecule has 78 valence electrons. The lowest BCUT2D eigenvalue weighted by Gasteiger charge is -1.98. The van der Waals surface area contributed by atoms with Gasteiger partial charge in [0, 0.05) is 11.8 Å². The molecule has 0 radical (unpaired) electrons. The summed E-state index contributed by atoms with van der Waals surface area (Å²) in [6.07, 6.45) is 3.34. The summed E-state index contributed by atoms with van der Waals surface area (Å²) >= 11 is 6.15. The lowest BCUT2D eigenvalue weighted by Crippen LogP contribution is -1.77. The second-order valence-corrected chi connectivity index (χ2v) is 3.90. The minimum absolute atomic E-state index is 0.575. The van der Waals surface area contributed by atoms with Crippen LogP contribution in [-0.2, 0) is 0 Å². The van der Waals surface area contributed by atoms with Crippen LogP contribution in [-0.4, -0.2) is 4.98 Å². The molecule has 16 heavy (non-hydrogen) atoms. The molecule has 3 aromatic rings. The highest BCUT2D eigenvalue weighted by molar-refractivity contribution is 6.36. The van der Waals surface area contributed by atoms with E-state index in [0.717, 1.165) is 16.5 Å². The van der Waals surface area contributed by atoms with E-state index in [2.05, 4.69) is 4.98 Å². The monoisotopic (exact) mass is 229 g/mol. The highest BCUT2D eigenvalue weighted by atomic mass is 35.5. The van der Waals surface area contributed by atoms with Gasteiger partial charge >= 0.3 is 0 Å². The van der Waals surface area contributed by atoms with E-state index in [1.807, 2.05) is 30.3 Å². The van der Waals surface area contributed by atoms with Gasteiger partial charge in [0.05, 0.1) is 10.4 Å². The highest BCUT2D eigenvalue weighted by Gasteiger charge is 2.11. The molecule has 2 nitrogen and oxygen atoms in total. The van der Waals surface area contributed by atoms with Crippen LogP contribution in [0.4, 0.5) is 0 Å². The molecule has 0 saturated heterocycles. The molecule has 0 bridgehead atoms. The van der Waals surface area contributed by atoms with Gasteiger partial charge in [-0.1, -0.05) is 41.9 Å². The smallest absolute Gasteiger partial charge is 0.227 e. The average molecular weight is 230 g/mol. The molecule has 0 amide bonds. The van der Waals surface area contributed by atoms with Gasteiger partial charge in [-0.2, -0.15) is 0 Å². The summed E-state index contributed by atoms with van der Waals surface area (Å²) in [7, 11) is 0. The van der Waals surface area contributed by atoms with Crippen molar-refractivity contribution < 1.29 is 4.42 Å². The fourth-order valence-electron chi connectivity index (χ4n) is 1.76. The van der Waals surface area contributed by atoms with E-state index in [-0.39, 0.29) is 0 Å². The minimum atomic E-state index is 0.575. The molecule has 0 unspecified atom stereocenters. The second kappa shape index (κ2) is 3.65. The summed E-state index contributed by atoms with van der Waals surface area (Å²) in [5.74, 6) is 0. The van der Waals surface area contributed by atoms with Gasteiger partial charge in [-0.25, -0.2) is 4.98 Å².